The summed E-state index contributed by atoms with van der Waals surface area (Å²) in [6.07, 6.45) is 2.36. The lowest BCUT2D eigenvalue weighted by molar-refractivity contribution is -0.117. The molecular weight excluding hydrogens is 400 g/mol. The molecule has 2 aromatic heterocycles. The number of esters is 1. The van der Waals surface area contributed by atoms with Gasteiger partial charge in [-0.3, -0.25) is 4.79 Å². The highest BCUT2D eigenvalue weighted by molar-refractivity contribution is 7.98. The van der Waals surface area contributed by atoms with E-state index in [0.717, 1.165) is 27.4 Å². The van der Waals surface area contributed by atoms with Gasteiger partial charge in [-0.05, 0) is 42.8 Å². The summed E-state index contributed by atoms with van der Waals surface area (Å²) in [6.45, 7) is 2.88. The van der Waals surface area contributed by atoms with Crippen molar-refractivity contribution in [3.05, 3.63) is 51.0 Å². The van der Waals surface area contributed by atoms with E-state index in [9.17, 15) is 9.59 Å². The number of aryl methyl sites for hydroxylation is 1. The predicted octanol–water partition coefficient (Wildman–Crippen LogP) is 3.97. The van der Waals surface area contributed by atoms with Gasteiger partial charge in [-0.15, -0.1) is 11.3 Å². The maximum absolute atomic E-state index is 12.4. The standard InChI is InChI=1S/C19H20N2O3S3/c1-3-24-18(23)13-6-7-15-16(11-13)27-19(21(15)8-10-25-2)20-17(22)12-14-5-4-9-26-14/h4-7,9,11H,3,8,10,12H2,1-2H3. The first-order valence-electron chi connectivity index (χ1n) is 8.51. The van der Waals surface area contributed by atoms with Gasteiger partial charge in [0, 0.05) is 17.2 Å². The number of aromatic nitrogens is 1. The van der Waals surface area contributed by atoms with E-state index >= 15 is 0 Å². The van der Waals surface area contributed by atoms with Gasteiger partial charge in [0.2, 0.25) is 0 Å². The summed E-state index contributed by atoms with van der Waals surface area (Å²) in [5.74, 6) is 0.417. The fourth-order valence-electron chi connectivity index (χ4n) is 2.61. The van der Waals surface area contributed by atoms with Crippen LogP contribution in [-0.2, 0) is 22.5 Å². The summed E-state index contributed by atoms with van der Waals surface area (Å²) in [5.41, 5.74) is 1.49. The van der Waals surface area contributed by atoms with Crippen molar-refractivity contribution >= 4 is 56.5 Å². The second-order valence-corrected chi connectivity index (χ2v) is 8.72. The zero-order valence-electron chi connectivity index (χ0n) is 15.1. The van der Waals surface area contributed by atoms with Crippen LogP contribution in [0.2, 0.25) is 0 Å². The predicted molar refractivity (Wildman–Crippen MR) is 113 cm³/mol. The molecule has 0 aliphatic carbocycles. The first-order valence-corrected chi connectivity index (χ1v) is 11.6. The van der Waals surface area contributed by atoms with E-state index in [1.807, 2.05) is 35.9 Å². The molecule has 3 rings (SSSR count). The SMILES string of the molecule is CCOC(=O)c1ccc2c(c1)sc(=NC(=O)Cc1cccs1)n2CCSC. The number of ether oxygens (including phenoxy) is 1. The van der Waals surface area contributed by atoms with E-state index in [1.165, 1.54) is 11.3 Å². The van der Waals surface area contributed by atoms with Crippen LogP contribution >= 0.6 is 34.4 Å². The second-order valence-electron chi connectivity index (χ2n) is 5.69. The fourth-order valence-corrected chi connectivity index (χ4v) is 4.78. The molecule has 0 N–H and O–H groups in total. The molecule has 0 radical (unpaired) electrons. The van der Waals surface area contributed by atoms with Crippen molar-refractivity contribution in [1.29, 1.82) is 0 Å². The van der Waals surface area contributed by atoms with Gasteiger partial charge in [-0.2, -0.15) is 16.8 Å². The van der Waals surface area contributed by atoms with Gasteiger partial charge in [0.25, 0.3) is 5.91 Å². The summed E-state index contributed by atoms with van der Waals surface area (Å²) in [7, 11) is 0. The van der Waals surface area contributed by atoms with Crippen molar-refractivity contribution in [3.8, 4) is 0 Å². The third-order valence-electron chi connectivity index (χ3n) is 3.84. The van der Waals surface area contributed by atoms with Crippen molar-refractivity contribution in [1.82, 2.24) is 4.57 Å². The molecule has 2 heterocycles. The van der Waals surface area contributed by atoms with Crippen LogP contribution in [0.3, 0.4) is 0 Å². The summed E-state index contributed by atoms with van der Waals surface area (Å²) in [5, 5.41) is 1.96. The zero-order chi connectivity index (χ0) is 19.2. The quantitative estimate of drug-likeness (QED) is 0.543. The van der Waals surface area contributed by atoms with Gasteiger partial charge in [0.15, 0.2) is 4.80 Å². The lowest BCUT2D eigenvalue weighted by Gasteiger charge is -2.05. The van der Waals surface area contributed by atoms with Crippen LogP contribution in [0.25, 0.3) is 10.2 Å². The lowest BCUT2D eigenvalue weighted by Crippen LogP contribution is -2.18. The van der Waals surface area contributed by atoms with E-state index in [2.05, 4.69) is 9.56 Å². The highest BCUT2D eigenvalue weighted by Crippen LogP contribution is 2.20. The lowest BCUT2D eigenvalue weighted by atomic mass is 10.2. The molecule has 0 aliphatic rings. The first kappa shape index (κ1) is 19.9. The number of benzene rings is 1. The Morgan fingerprint density at radius 1 is 1.30 bits per heavy atom. The fraction of sp³-hybridized carbons (Fsp3) is 0.316. The summed E-state index contributed by atoms with van der Waals surface area (Å²) >= 11 is 4.72. The molecule has 0 unspecified atom stereocenters. The largest absolute Gasteiger partial charge is 0.462 e. The van der Waals surface area contributed by atoms with Crippen LogP contribution in [-0.4, -0.2) is 35.1 Å². The van der Waals surface area contributed by atoms with Crippen molar-refractivity contribution in [2.24, 2.45) is 4.99 Å². The minimum absolute atomic E-state index is 0.160. The minimum Gasteiger partial charge on any atom is -0.462 e. The van der Waals surface area contributed by atoms with E-state index in [1.54, 1.807) is 36.1 Å². The minimum atomic E-state index is -0.337. The molecule has 27 heavy (non-hydrogen) atoms. The van der Waals surface area contributed by atoms with Gasteiger partial charge >= 0.3 is 5.97 Å². The van der Waals surface area contributed by atoms with Gasteiger partial charge < -0.3 is 9.30 Å². The number of hydrogen-bond acceptors (Lipinski definition) is 6. The Morgan fingerprint density at radius 2 is 2.15 bits per heavy atom. The molecule has 5 nitrogen and oxygen atoms in total. The number of hydrogen-bond donors (Lipinski definition) is 0. The number of nitrogens with zero attached hydrogens (tertiary/aromatic N) is 2. The monoisotopic (exact) mass is 420 g/mol. The van der Waals surface area contributed by atoms with Crippen molar-refractivity contribution in [3.63, 3.8) is 0 Å². The summed E-state index contributed by atoms with van der Waals surface area (Å²) < 4.78 is 8.06. The van der Waals surface area contributed by atoms with E-state index in [0.29, 0.717) is 23.4 Å². The third-order valence-corrected chi connectivity index (χ3v) is 6.35. The molecule has 0 atom stereocenters. The number of amides is 1. The highest BCUT2D eigenvalue weighted by Gasteiger charge is 2.12. The average Bonchev–Trinajstić information content (AvgIpc) is 3.27. The Bertz CT molecular complexity index is 1000. The van der Waals surface area contributed by atoms with Crippen LogP contribution in [0.15, 0.2) is 40.7 Å². The molecule has 0 aliphatic heterocycles. The normalized spacial score (nSPS) is 11.9. The van der Waals surface area contributed by atoms with Crippen molar-refractivity contribution < 1.29 is 14.3 Å². The van der Waals surface area contributed by atoms with E-state index in [-0.39, 0.29) is 11.9 Å². The Hall–Kier alpha value is -1.90. The van der Waals surface area contributed by atoms with Gasteiger partial charge in [0.05, 0.1) is 28.8 Å². The first-order chi connectivity index (χ1) is 13.1. The van der Waals surface area contributed by atoms with Gasteiger partial charge in [-0.25, -0.2) is 4.79 Å². The smallest absolute Gasteiger partial charge is 0.338 e. The van der Waals surface area contributed by atoms with Crippen LogP contribution in [0, 0.1) is 0 Å². The Labute approximate surface area is 169 Å². The molecule has 142 valence electrons. The number of fused-ring (bicyclic) bond motifs is 1. The maximum Gasteiger partial charge on any atom is 0.338 e. The number of carbonyl (C=O) groups is 2. The van der Waals surface area contributed by atoms with Gasteiger partial charge in [0.1, 0.15) is 0 Å². The third kappa shape index (κ3) is 4.88. The Kier molecular flexibility index (Phi) is 6.87. The van der Waals surface area contributed by atoms with Crippen LogP contribution in [0.1, 0.15) is 22.2 Å². The van der Waals surface area contributed by atoms with E-state index in [4.69, 9.17) is 4.74 Å². The highest BCUT2D eigenvalue weighted by atomic mass is 32.2. The van der Waals surface area contributed by atoms with Crippen molar-refractivity contribution in [2.45, 2.75) is 19.9 Å². The molecule has 0 fully saturated rings. The number of thiazole rings is 1. The van der Waals surface area contributed by atoms with Crippen molar-refractivity contribution in [2.75, 3.05) is 18.6 Å². The maximum atomic E-state index is 12.4. The molecule has 0 spiro atoms. The Balaban J connectivity index is 2.00. The number of rotatable bonds is 7. The zero-order valence-corrected chi connectivity index (χ0v) is 17.6. The molecule has 3 aromatic rings. The Morgan fingerprint density at radius 3 is 2.85 bits per heavy atom. The van der Waals surface area contributed by atoms with Gasteiger partial charge in [-0.1, -0.05) is 17.4 Å². The molecule has 0 saturated carbocycles. The molecule has 1 aromatic carbocycles. The summed E-state index contributed by atoms with van der Waals surface area (Å²) in [4.78, 5) is 30.4. The van der Waals surface area contributed by atoms with Crippen LogP contribution < -0.4 is 4.80 Å². The number of thiophene rings is 1. The molecule has 1 amide bonds. The molecule has 8 heteroatoms. The number of thioether (sulfide) groups is 1. The average molecular weight is 421 g/mol. The summed E-state index contributed by atoms with van der Waals surface area (Å²) in [6, 6.07) is 9.36. The van der Waals surface area contributed by atoms with E-state index < -0.39 is 0 Å². The molecule has 0 bridgehead atoms. The number of carbonyl (C=O) groups excluding carboxylic acids is 2. The second kappa shape index (κ2) is 9.34. The van der Waals surface area contributed by atoms with Crippen LogP contribution in [0.5, 0.6) is 0 Å². The molecular formula is C19H20N2O3S3. The topological polar surface area (TPSA) is 60.7 Å². The molecule has 0 saturated heterocycles. The van der Waals surface area contributed by atoms with Crippen LogP contribution in [0.4, 0.5) is 0 Å².